The van der Waals surface area contributed by atoms with Crippen LogP contribution in [0.15, 0.2) is 12.3 Å². The molecule has 3 N–H and O–H groups in total. The molecule has 0 saturated carbocycles. The fraction of sp³-hybridized carbons (Fsp3) is 0.615. The number of aromatic nitrogens is 2. The molecule has 1 aliphatic rings. The summed E-state index contributed by atoms with van der Waals surface area (Å²) in [5, 5.41) is 6.85. The van der Waals surface area contributed by atoms with Crippen LogP contribution in [-0.2, 0) is 20.9 Å². The van der Waals surface area contributed by atoms with E-state index in [0.29, 0.717) is 5.82 Å². The second-order valence-corrected chi connectivity index (χ2v) is 4.92. The Morgan fingerprint density at radius 1 is 1.60 bits per heavy atom. The Labute approximate surface area is 117 Å². The third-order valence-electron chi connectivity index (χ3n) is 3.39. The Kier molecular flexibility index (Phi) is 4.73. The summed E-state index contributed by atoms with van der Waals surface area (Å²) in [6.45, 7) is 2.73. The van der Waals surface area contributed by atoms with Gasteiger partial charge in [-0.25, -0.2) is 0 Å². The van der Waals surface area contributed by atoms with Crippen LogP contribution in [0.2, 0.25) is 0 Å². The molecule has 2 heterocycles. The average Bonchev–Trinajstić information content (AvgIpc) is 2.85. The minimum atomic E-state index is -0.474. The Hall–Kier alpha value is -1.89. The normalized spacial score (nSPS) is 22.4. The molecule has 7 heteroatoms. The Balaban J connectivity index is 1.96. The molecule has 0 aromatic carbocycles. The largest absolute Gasteiger partial charge is 0.377 e. The lowest BCUT2D eigenvalue weighted by Crippen LogP contribution is -2.37. The SMILES string of the molecule is CCC1OCCCC1C(=O)Nc1ccn(CC(N)=O)n1. The van der Waals surface area contributed by atoms with Gasteiger partial charge in [-0.3, -0.25) is 14.3 Å². The Morgan fingerprint density at radius 2 is 2.40 bits per heavy atom. The second kappa shape index (κ2) is 6.51. The predicted molar refractivity (Wildman–Crippen MR) is 72.8 cm³/mol. The standard InChI is InChI=1S/C13H20N4O3/c1-2-10-9(4-3-7-20-10)13(19)15-12-5-6-17(16-12)8-11(14)18/h5-6,9-10H,2-4,7-8H2,1H3,(H2,14,18)(H,15,16,19). The van der Waals surface area contributed by atoms with Crippen molar-refractivity contribution < 1.29 is 14.3 Å². The van der Waals surface area contributed by atoms with Crippen LogP contribution in [-0.4, -0.2) is 34.3 Å². The number of hydrogen-bond acceptors (Lipinski definition) is 4. The van der Waals surface area contributed by atoms with E-state index in [2.05, 4.69) is 10.4 Å². The van der Waals surface area contributed by atoms with E-state index in [1.165, 1.54) is 4.68 Å². The van der Waals surface area contributed by atoms with E-state index in [1.54, 1.807) is 12.3 Å². The molecule has 7 nitrogen and oxygen atoms in total. The third kappa shape index (κ3) is 3.57. The molecule has 20 heavy (non-hydrogen) atoms. The Bertz CT molecular complexity index is 486. The number of carbonyl (C=O) groups is 2. The van der Waals surface area contributed by atoms with Crippen molar-refractivity contribution in [1.29, 1.82) is 0 Å². The third-order valence-corrected chi connectivity index (χ3v) is 3.39. The number of carbonyl (C=O) groups excluding carboxylic acids is 2. The molecule has 0 bridgehead atoms. The van der Waals surface area contributed by atoms with Gasteiger partial charge in [0.2, 0.25) is 11.8 Å². The van der Waals surface area contributed by atoms with E-state index in [9.17, 15) is 9.59 Å². The topological polar surface area (TPSA) is 99.2 Å². The van der Waals surface area contributed by atoms with E-state index in [1.807, 2.05) is 6.92 Å². The molecular weight excluding hydrogens is 260 g/mol. The zero-order valence-corrected chi connectivity index (χ0v) is 11.5. The van der Waals surface area contributed by atoms with Gasteiger partial charge in [-0.05, 0) is 19.3 Å². The summed E-state index contributed by atoms with van der Waals surface area (Å²) in [6, 6.07) is 1.64. The maximum Gasteiger partial charge on any atom is 0.239 e. The van der Waals surface area contributed by atoms with Gasteiger partial charge < -0.3 is 15.8 Å². The zero-order chi connectivity index (χ0) is 14.5. The maximum atomic E-state index is 12.2. The van der Waals surface area contributed by atoms with E-state index >= 15 is 0 Å². The number of primary amides is 1. The number of hydrogen-bond donors (Lipinski definition) is 2. The van der Waals surface area contributed by atoms with Crippen LogP contribution >= 0.6 is 0 Å². The minimum Gasteiger partial charge on any atom is -0.377 e. The van der Waals surface area contributed by atoms with Crippen molar-refractivity contribution >= 4 is 17.6 Å². The number of anilines is 1. The van der Waals surface area contributed by atoms with Crippen LogP contribution in [0, 0.1) is 5.92 Å². The van der Waals surface area contributed by atoms with Gasteiger partial charge in [0.25, 0.3) is 0 Å². The van der Waals surface area contributed by atoms with Crippen LogP contribution in [0.5, 0.6) is 0 Å². The van der Waals surface area contributed by atoms with Gasteiger partial charge in [-0.2, -0.15) is 5.10 Å². The molecule has 0 radical (unpaired) electrons. The molecule has 2 rings (SSSR count). The second-order valence-electron chi connectivity index (χ2n) is 4.92. The molecule has 2 unspecified atom stereocenters. The Morgan fingerprint density at radius 3 is 3.10 bits per heavy atom. The number of ether oxygens (including phenoxy) is 1. The van der Waals surface area contributed by atoms with Gasteiger partial charge in [-0.1, -0.05) is 6.92 Å². The lowest BCUT2D eigenvalue weighted by atomic mass is 9.92. The van der Waals surface area contributed by atoms with Crippen molar-refractivity contribution in [2.45, 2.75) is 38.8 Å². The number of amides is 2. The van der Waals surface area contributed by atoms with Crippen molar-refractivity contribution in [2.75, 3.05) is 11.9 Å². The van der Waals surface area contributed by atoms with Gasteiger partial charge in [0.05, 0.1) is 12.0 Å². The van der Waals surface area contributed by atoms with Gasteiger partial charge in [0, 0.05) is 18.9 Å². The first-order valence-electron chi connectivity index (χ1n) is 6.84. The highest BCUT2D eigenvalue weighted by Crippen LogP contribution is 2.24. The lowest BCUT2D eigenvalue weighted by molar-refractivity contribution is -0.129. The van der Waals surface area contributed by atoms with Crippen LogP contribution in [0.4, 0.5) is 5.82 Å². The van der Waals surface area contributed by atoms with Gasteiger partial charge in [0.15, 0.2) is 5.82 Å². The highest BCUT2D eigenvalue weighted by atomic mass is 16.5. The van der Waals surface area contributed by atoms with Crippen LogP contribution < -0.4 is 11.1 Å². The fourth-order valence-electron chi connectivity index (χ4n) is 2.44. The highest BCUT2D eigenvalue weighted by molar-refractivity contribution is 5.92. The molecule has 110 valence electrons. The van der Waals surface area contributed by atoms with Gasteiger partial charge >= 0.3 is 0 Å². The van der Waals surface area contributed by atoms with Gasteiger partial charge in [0.1, 0.15) is 6.54 Å². The molecular formula is C13H20N4O3. The molecule has 0 spiro atoms. The molecule has 1 aromatic rings. The van der Waals surface area contributed by atoms with Crippen LogP contribution in [0.25, 0.3) is 0 Å². The van der Waals surface area contributed by atoms with E-state index in [0.717, 1.165) is 25.9 Å². The summed E-state index contributed by atoms with van der Waals surface area (Å²) >= 11 is 0. The molecule has 1 fully saturated rings. The first kappa shape index (κ1) is 14.5. The van der Waals surface area contributed by atoms with E-state index in [4.69, 9.17) is 10.5 Å². The lowest BCUT2D eigenvalue weighted by Gasteiger charge is -2.29. The number of nitrogens with one attached hydrogen (secondary N) is 1. The molecule has 0 aliphatic carbocycles. The first-order valence-corrected chi connectivity index (χ1v) is 6.84. The first-order chi connectivity index (χ1) is 9.60. The fourth-order valence-corrected chi connectivity index (χ4v) is 2.44. The highest BCUT2D eigenvalue weighted by Gasteiger charge is 2.30. The van der Waals surface area contributed by atoms with Crippen molar-refractivity contribution in [3.8, 4) is 0 Å². The number of nitrogens with zero attached hydrogens (tertiary/aromatic N) is 2. The average molecular weight is 280 g/mol. The van der Waals surface area contributed by atoms with Crippen LogP contribution in [0.1, 0.15) is 26.2 Å². The summed E-state index contributed by atoms with van der Waals surface area (Å²) in [7, 11) is 0. The quantitative estimate of drug-likeness (QED) is 0.821. The van der Waals surface area contributed by atoms with Crippen molar-refractivity contribution in [1.82, 2.24) is 9.78 Å². The minimum absolute atomic E-state index is 0.00000480. The van der Waals surface area contributed by atoms with Crippen molar-refractivity contribution in [2.24, 2.45) is 11.7 Å². The predicted octanol–water partition coefficient (Wildman–Crippen LogP) is 0.512. The van der Waals surface area contributed by atoms with Crippen molar-refractivity contribution in [3.63, 3.8) is 0 Å². The zero-order valence-electron chi connectivity index (χ0n) is 11.5. The van der Waals surface area contributed by atoms with Crippen LogP contribution in [0.3, 0.4) is 0 Å². The molecule has 1 aromatic heterocycles. The number of rotatable bonds is 5. The van der Waals surface area contributed by atoms with Gasteiger partial charge in [-0.15, -0.1) is 0 Å². The molecule has 2 atom stereocenters. The number of nitrogens with two attached hydrogens (primary N) is 1. The smallest absolute Gasteiger partial charge is 0.239 e. The van der Waals surface area contributed by atoms with E-state index < -0.39 is 5.91 Å². The molecule has 1 saturated heterocycles. The van der Waals surface area contributed by atoms with Crippen molar-refractivity contribution in [3.05, 3.63) is 12.3 Å². The molecule has 2 amide bonds. The summed E-state index contributed by atoms with van der Waals surface area (Å²) in [5.41, 5.74) is 5.08. The monoisotopic (exact) mass is 280 g/mol. The summed E-state index contributed by atoms with van der Waals surface area (Å²) in [5.74, 6) is -0.273. The molecule has 1 aliphatic heterocycles. The summed E-state index contributed by atoms with van der Waals surface area (Å²) in [4.78, 5) is 23.0. The summed E-state index contributed by atoms with van der Waals surface area (Å²) < 4.78 is 7.00. The summed E-state index contributed by atoms with van der Waals surface area (Å²) in [6.07, 6.45) is 4.11. The maximum absolute atomic E-state index is 12.2. The van der Waals surface area contributed by atoms with E-state index in [-0.39, 0.29) is 24.5 Å².